The summed E-state index contributed by atoms with van der Waals surface area (Å²) in [4.78, 5) is 15.5. The molecule has 26 heavy (non-hydrogen) atoms. The smallest absolute Gasteiger partial charge is 0.309 e. The molecule has 0 fully saturated rings. The van der Waals surface area contributed by atoms with E-state index in [0.717, 1.165) is 5.56 Å². The topological polar surface area (TPSA) is 97.8 Å². The molecule has 8 heteroatoms. The van der Waals surface area contributed by atoms with Crippen molar-refractivity contribution in [2.24, 2.45) is 10.2 Å². The fourth-order valence-corrected chi connectivity index (χ4v) is 2.55. The molecular formula is C18H18N4O4. The predicted molar refractivity (Wildman–Crippen MR) is 95.0 cm³/mol. The fraction of sp³-hybridized carbons (Fsp3) is 0.222. The quantitative estimate of drug-likeness (QED) is 0.681. The van der Waals surface area contributed by atoms with E-state index < -0.39 is 5.97 Å². The number of carboxylic acids is 1. The summed E-state index contributed by atoms with van der Waals surface area (Å²) in [6.07, 6.45) is 1.61. The minimum absolute atomic E-state index is 0.235. The van der Waals surface area contributed by atoms with Gasteiger partial charge < -0.3 is 14.6 Å². The largest absolute Gasteiger partial charge is 0.493 e. The van der Waals surface area contributed by atoms with Gasteiger partial charge in [0.1, 0.15) is 5.65 Å². The maximum absolute atomic E-state index is 11.1. The highest BCUT2D eigenvalue weighted by Crippen LogP contribution is 2.32. The molecule has 0 aliphatic heterocycles. The first-order valence-corrected chi connectivity index (χ1v) is 7.85. The van der Waals surface area contributed by atoms with Crippen LogP contribution in [0.15, 0.2) is 46.8 Å². The van der Waals surface area contributed by atoms with Crippen LogP contribution in [0.2, 0.25) is 0 Å². The SMILES string of the molecule is COc1ccc(N=Nc2c(CC(=O)O)nc3ccc(C)cn23)cc1OC. The van der Waals surface area contributed by atoms with Gasteiger partial charge in [0.25, 0.3) is 0 Å². The molecule has 0 amide bonds. The molecule has 3 rings (SSSR count). The number of carbonyl (C=O) groups is 1. The summed E-state index contributed by atoms with van der Waals surface area (Å²) in [6.45, 7) is 1.94. The van der Waals surface area contributed by atoms with Gasteiger partial charge in [-0.1, -0.05) is 6.07 Å². The molecule has 2 heterocycles. The van der Waals surface area contributed by atoms with Crippen molar-refractivity contribution in [2.45, 2.75) is 13.3 Å². The molecule has 0 saturated heterocycles. The summed E-state index contributed by atoms with van der Waals surface area (Å²) in [5.74, 6) is 0.528. The number of azo groups is 1. The van der Waals surface area contributed by atoms with E-state index in [-0.39, 0.29) is 6.42 Å². The minimum atomic E-state index is -0.979. The molecule has 0 atom stereocenters. The molecule has 0 saturated carbocycles. The van der Waals surface area contributed by atoms with Crippen molar-refractivity contribution < 1.29 is 19.4 Å². The standard InChI is InChI=1S/C18H18N4O4/c1-11-4-7-16-19-13(9-17(23)24)18(22(16)10-11)21-20-12-5-6-14(25-2)15(8-12)26-3/h4-8,10H,9H2,1-3H3,(H,23,24). The lowest BCUT2D eigenvalue weighted by atomic mass is 10.3. The minimum Gasteiger partial charge on any atom is -0.493 e. The molecule has 0 bridgehead atoms. The van der Waals surface area contributed by atoms with Crippen LogP contribution in [-0.2, 0) is 11.2 Å². The summed E-state index contributed by atoms with van der Waals surface area (Å²) in [5, 5.41) is 17.6. The molecule has 2 aromatic heterocycles. The van der Waals surface area contributed by atoms with Gasteiger partial charge in [0.2, 0.25) is 0 Å². The predicted octanol–water partition coefficient (Wildman–Crippen LogP) is 3.70. The Morgan fingerprint density at radius 2 is 1.92 bits per heavy atom. The van der Waals surface area contributed by atoms with E-state index in [0.29, 0.717) is 34.3 Å². The maximum Gasteiger partial charge on any atom is 0.309 e. The van der Waals surface area contributed by atoms with E-state index in [1.54, 1.807) is 29.7 Å². The lowest BCUT2D eigenvalue weighted by Gasteiger charge is -2.06. The number of rotatable bonds is 6. The third-order valence-corrected chi connectivity index (χ3v) is 3.76. The van der Waals surface area contributed by atoms with Crippen LogP contribution >= 0.6 is 0 Å². The van der Waals surface area contributed by atoms with Crippen molar-refractivity contribution in [1.82, 2.24) is 9.38 Å². The number of aromatic nitrogens is 2. The van der Waals surface area contributed by atoms with Gasteiger partial charge in [-0.3, -0.25) is 9.20 Å². The van der Waals surface area contributed by atoms with Crippen LogP contribution in [0, 0.1) is 6.92 Å². The Kier molecular flexibility index (Phi) is 4.83. The van der Waals surface area contributed by atoms with Gasteiger partial charge in [0, 0.05) is 12.3 Å². The summed E-state index contributed by atoms with van der Waals surface area (Å²) in [6, 6.07) is 8.87. The summed E-state index contributed by atoms with van der Waals surface area (Å²) in [7, 11) is 3.09. The van der Waals surface area contributed by atoms with E-state index in [1.807, 2.05) is 25.3 Å². The van der Waals surface area contributed by atoms with Crippen LogP contribution in [0.1, 0.15) is 11.3 Å². The first-order valence-electron chi connectivity index (χ1n) is 7.85. The van der Waals surface area contributed by atoms with Crippen molar-refractivity contribution in [3.63, 3.8) is 0 Å². The number of aliphatic carboxylic acids is 1. The Hall–Kier alpha value is -3.42. The molecule has 0 unspecified atom stereocenters. The van der Waals surface area contributed by atoms with Crippen LogP contribution in [-0.4, -0.2) is 34.7 Å². The molecule has 0 aliphatic rings. The van der Waals surface area contributed by atoms with Gasteiger partial charge >= 0.3 is 5.97 Å². The van der Waals surface area contributed by atoms with E-state index >= 15 is 0 Å². The molecule has 0 radical (unpaired) electrons. The van der Waals surface area contributed by atoms with Crippen LogP contribution in [0.3, 0.4) is 0 Å². The molecule has 3 aromatic rings. The average Bonchev–Trinajstić information content (AvgIpc) is 2.95. The zero-order valence-electron chi connectivity index (χ0n) is 14.6. The van der Waals surface area contributed by atoms with Gasteiger partial charge in [0.15, 0.2) is 17.3 Å². The highest BCUT2D eigenvalue weighted by Gasteiger charge is 2.15. The Morgan fingerprint density at radius 1 is 1.15 bits per heavy atom. The number of pyridine rings is 1. The van der Waals surface area contributed by atoms with E-state index in [4.69, 9.17) is 14.6 Å². The van der Waals surface area contributed by atoms with Gasteiger partial charge in [-0.25, -0.2) is 4.98 Å². The number of nitrogens with zero attached hydrogens (tertiary/aromatic N) is 4. The lowest BCUT2D eigenvalue weighted by Crippen LogP contribution is -2.00. The van der Waals surface area contributed by atoms with Crippen LogP contribution in [0.25, 0.3) is 5.65 Å². The van der Waals surface area contributed by atoms with Crippen molar-refractivity contribution in [3.05, 3.63) is 47.8 Å². The van der Waals surface area contributed by atoms with E-state index in [9.17, 15) is 4.79 Å². The van der Waals surface area contributed by atoms with E-state index in [1.165, 1.54) is 7.11 Å². The summed E-state index contributed by atoms with van der Waals surface area (Å²) < 4.78 is 12.2. The Bertz CT molecular complexity index is 994. The van der Waals surface area contributed by atoms with Crippen molar-refractivity contribution in [2.75, 3.05) is 14.2 Å². The monoisotopic (exact) mass is 354 g/mol. The average molecular weight is 354 g/mol. The van der Waals surface area contributed by atoms with Crippen LogP contribution in [0.4, 0.5) is 11.5 Å². The number of fused-ring (bicyclic) bond motifs is 1. The van der Waals surface area contributed by atoms with Gasteiger partial charge in [-0.05, 0) is 30.7 Å². The second-order valence-corrected chi connectivity index (χ2v) is 5.63. The van der Waals surface area contributed by atoms with Crippen LogP contribution in [0.5, 0.6) is 11.5 Å². The zero-order valence-corrected chi connectivity index (χ0v) is 14.6. The normalized spacial score (nSPS) is 11.2. The number of hydrogen-bond donors (Lipinski definition) is 1. The maximum atomic E-state index is 11.1. The number of ether oxygens (including phenoxy) is 2. The second-order valence-electron chi connectivity index (χ2n) is 5.63. The number of carboxylic acid groups (broad SMARTS) is 1. The number of imidazole rings is 1. The fourth-order valence-electron chi connectivity index (χ4n) is 2.55. The summed E-state index contributed by atoms with van der Waals surface area (Å²) in [5.41, 5.74) is 2.52. The lowest BCUT2D eigenvalue weighted by molar-refractivity contribution is -0.136. The highest BCUT2D eigenvalue weighted by molar-refractivity contribution is 5.72. The highest BCUT2D eigenvalue weighted by atomic mass is 16.5. The van der Waals surface area contributed by atoms with Gasteiger partial charge in [0.05, 0.1) is 32.0 Å². The number of hydrogen-bond acceptors (Lipinski definition) is 6. The Labute approximate surface area is 149 Å². The van der Waals surface area contributed by atoms with Crippen molar-refractivity contribution >= 4 is 23.1 Å². The zero-order chi connectivity index (χ0) is 18.7. The summed E-state index contributed by atoms with van der Waals surface area (Å²) >= 11 is 0. The Morgan fingerprint density at radius 3 is 2.62 bits per heavy atom. The molecule has 1 N–H and O–H groups in total. The molecule has 0 spiro atoms. The Balaban J connectivity index is 2.05. The number of methoxy groups -OCH3 is 2. The van der Waals surface area contributed by atoms with Gasteiger partial charge in [-0.15, -0.1) is 10.2 Å². The molecule has 0 aliphatic carbocycles. The van der Waals surface area contributed by atoms with Crippen molar-refractivity contribution in [1.29, 1.82) is 0 Å². The van der Waals surface area contributed by atoms with Crippen LogP contribution < -0.4 is 9.47 Å². The first kappa shape index (κ1) is 17.4. The first-order chi connectivity index (χ1) is 12.5. The second kappa shape index (κ2) is 7.22. The van der Waals surface area contributed by atoms with E-state index in [2.05, 4.69) is 15.2 Å². The third kappa shape index (κ3) is 3.49. The van der Waals surface area contributed by atoms with Gasteiger partial charge in [-0.2, -0.15) is 0 Å². The molecular weight excluding hydrogens is 336 g/mol. The number of benzene rings is 1. The molecule has 1 aromatic carbocycles. The molecule has 8 nitrogen and oxygen atoms in total. The third-order valence-electron chi connectivity index (χ3n) is 3.76. The van der Waals surface area contributed by atoms with Crippen molar-refractivity contribution in [3.8, 4) is 11.5 Å². The number of aryl methyl sites for hydroxylation is 1. The molecule has 134 valence electrons.